The van der Waals surface area contributed by atoms with Crippen LogP contribution in [0.2, 0.25) is 0 Å². The van der Waals surface area contributed by atoms with Crippen LogP contribution in [0.15, 0.2) is 54.6 Å². The normalized spacial score (nSPS) is 17.9. The summed E-state index contributed by atoms with van der Waals surface area (Å²) in [4.78, 5) is 0. The summed E-state index contributed by atoms with van der Waals surface area (Å²) < 4.78 is 0. The van der Waals surface area contributed by atoms with Crippen LogP contribution in [-0.2, 0) is 0 Å². The molecule has 0 spiro atoms. The summed E-state index contributed by atoms with van der Waals surface area (Å²) in [6.07, 6.45) is 6.65. The Hall–Kier alpha value is -1.60. The molecule has 1 aliphatic rings. The molecule has 1 heteroatoms. The van der Waals surface area contributed by atoms with E-state index in [1.54, 1.807) is 0 Å². The molecule has 0 radical (unpaired) electrons. The molecule has 1 nitrogen and oxygen atoms in total. The molecule has 3 rings (SSSR count). The zero-order valence-corrected chi connectivity index (χ0v) is 12.0. The van der Waals surface area contributed by atoms with Crippen LogP contribution in [0.5, 0.6) is 0 Å². The highest BCUT2D eigenvalue weighted by molar-refractivity contribution is 5.64. The average molecular weight is 265 g/mol. The van der Waals surface area contributed by atoms with Gasteiger partial charge < -0.3 is 5.73 Å². The summed E-state index contributed by atoms with van der Waals surface area (Å²) >= 11 is 0. The van der Waals surface area contributed by atoms with Crippen LogP contribution in [0.25, 0.3) is 11.1 Å². The van der Waals surface area contributed by atoms with Crippen molar-refractivity contribution in [2.75, 3.05) is 0 Å². The number of benzene rings is 2. The van der Waals surface area contributed by atoms with Gasteiger partial charge in [0.15, 0.2) is 0 Å². The number of nitrogens with two attached hydrogens (primary N) is 1. The van der Waals surface area contributed by atoms with E-state index in [4.69, 9.17) is 5.73 Å². The van der Waals surface area contributed by atoms with Crippen molar-refractivity contribution in [2.45, 2.75) is 38.1 Å². The predicted octanol–water partition coefficient (Wildman–Crippen LogP) is 4.93. The fourth-order valence-electron chi connectivity index (χ4n) is 3.32. The number of rotatable bonds is 3. The van der Waals surface area contributed by atoms with E-state index in [2.05, 4.69) is 54.6 Å². The largest absolute Gasteiger partial charge is 0.324 e. The van der Waals surface area contributed by atoms with Gasteiger partial charge in [-0.2, -0.15) is 0 Å². The van der Waals surface area contributed by atoms with Crippen molar-refractivity contribution < 1.29 is 0 Å². The lowest BCUT2D eigenvalue weighted by Gasteiger charge is -2.28. The monoisotopic (exact) mass is 265 g/mol. The molecule has 2 aromatic carbocycles. The van der Waals surface area contributed by atoms with Gasteiger partial charge in [-0.1, -0.05) is 67.8 Å². The van der Waals surface area contributed by atoms with E-state index in [0.717, 1.165) is 0 Å². The standard InChI is InChI=1S/C19H23N/c20-19(16-10-5-2-6-11-16)18-13-7-12-17(14-18)15-8-3-1-4-9-15/h1,3-4,7-9,12-14,16,19H,2,5-6,10-11,20H2/t19-/m1/s1. The van der Waals surface area contributed by atoms with Gasteiger partial charge in [0.2, 0.25) is 0 Å². The maximum absolute atomic E-state index is 6.52. The lowest BCUT2D eigenvalue weighted by atomic mass is 9.81. The van der Waals surface area contributed by atoms with E-state index in [9.17, 15) is 0 Å². The minimum absolute atomic E-state index is 0.193. The highest BCUT2D eigenvalue weighted by Gasteiger charge is 2.21. The zero-order chi connectivity index (χ0) is 13.8. The number of hydrogen-bond acceptors (Lipinski definition) is 1. The van der Waals surface area contributed by atoms with E-state index in [-0.39, 0.29) is 6.04 Å². The maximum atomic E-state index is 6.52. The zero-order valence-electron chi connectivity index (χ0n) is 12.0. The summed E-state index contributed by atoms with van der Waals surface area (Å²) in [5.74, 6) is 0.662. The summed E-state index contributed by atoms with van der Waals surface area (Å²) in [5.41, 5.74) is 10.3. The van der Waals surface area contributed by atoms with Gasteiger partial charge in [0.25, 0.3) is 0 Å². The molecule has 1 fully saturated rings. The molecular weight excluding hydrogens is 242 g/mol. The van der Waals surface area contributed by atoms with Crippen LogP contribution in [0.1, 0.15) is 43.7 Å². The molecule has 0 bridgehead atoms. The summed E-state index contributed by atoms with van der Waals surface area (Å²) in [7, 11) is 0. The first-order chi connectivity index (χ1) is 9.84. The minimum Gasteiger partial charge on any atom is -0.324 e. The first-order valence-corrected chi connectivity index (χ1v) is 7.75. The lowest BCUT2D eigenvalue weighted by Crippen LogP contribution is -2.23. The molecule has 0 unspecified atom stereocenters. The number of hydrogen-bond donors (Lipinski definition) is 1. The Kier molecular flexibility index (Phi) is 4.17. The van der Waals surface area contributed by atoms with Gasteiger partial charge in [0, 0.05) is 6.04 Å². The second-order valence-electron chi connectivity index (χ2n) is 5.92. The molecule has 1 aliphatic carbocycles. The molecule has 0 aromatic heterocycles. The maximum Gasteiger partial charge on any atom is 0.0323 e. The van der Waals surface area contributed by atoms with E-state index < -0.39 is 0 Å². The second-order valence-corrected chi connectivity index (χ2v) is 5.92. The Balaban J connectivity index is 1.83. The van der Waals surface area contributed by atoms with Crippen molar-refractivity contribution in [1.29, 1.82) is 0 Å². The SMILES string of the molecule is N[C@@H](c1cccc(-c2ccccc2)c1)C1CCCCC1. The Morgan fingerprint density at radius 3 is 2.25 bits per heavy atom. The quantitative estimate of drug-likeness (QED) is 0.836. The molecule has 0 aliphatic heterocycles. The topological polar surface area (TPSA) is 26.0 Å². The van der Waals surface area contributed by atoms with Crippen molar-refractivity contribution in [3.63, 3.8) is 0 Å². The van der Waals surface area contributed by atoms with Gasteiger partial charge in [0.05, 0.1) is 0 Å². The van der Waals surface area contributed by atoms with Gasteiger partial charge in [-0.15, -0.1) is 0 Å². The first kappa shape index (κ1) is 13.4. The smallest absolute Gasteiger partial charge is 0.0323 e. The van der Waals surface area contributed by atoms with Crippen LogP contribution in [0, 0.1) is 5.92 Å². The van der Waals surface area contributed by atoms with Crippen molar-refractivity contribution in [3.8, 4) is 11.1 Å². The van der Waals surface area contributed by atoms with Crippen LogP contribution in [-0.4, -0.2) is 0 Å². The molecule has 0 amide bonds. The minimum atomic E-state index is 0.193. The van der Waals surface area contributed by atoms with Crippen molar-refractivity contribution >= 4 is 0 Å². The van der Waals surface area contributed by atoms with Gasteiger partial charge in [-0.3, -0.25) is 0 Å². The fourth-order valence-corrected chi connectivity index (χ4v) is 3.32. The van der Waals surface area contributed by atoms with Crippen LogP contribution < -0.4 is 5.73 Å². The Morgan fingerprint density at radius 1 is 0.800 bits per heavy atom. The molecule has 104 valence electrons. The fraction of sp³-hybridized carbons (Fsp3) is 0.368. The van der Waals surface area contributed by atoms with E-state index in [1.165, 1.54) is 48.8 Å². The third-order valence-electron chi connectivity index (χ3n) is 4.54. The molecule has 1 saturated carbocycles. The lowest BCUT2D eigenvalue weighted by molar-refractivity contribution is 0.308. The summed E-state index contributed by atoms with van der Waals surface area (Å²) in [5, 5.41) is 0. The van der Waals surface area contributed by atoms with Gasteiger partial charge in [-0.25, -0.2) is 0 Å². The molecule has 1 atom stereocenters. The molecule has 0 heterocycles. The van der Waals surface area contributed by atoms with Crippen LogP contribution in [0.4, 0.5) is 0 Å². The summed E-state index contributed by atoms with van der Waals surface area (Å²) in [6.45, 7) is 0. The van der Waals surface area contributed by atoms with E-state index in [1.807, 2.05) is 0 Å². The van der Waals surface area contributed by atoms with E-state index in [0.29, 0.717) is 5.92 Å². The van der Waals surface area contributed by atoms with E-state index >= 15 is 0 Å². The second kappa shape index (κ2) is 6.23. The first-order valence-electron chi connectivity index (χ1n) is 7.75. The van der Waals surface area contributed by atoms with Gasteiger partial charge in [-0.05, 0) is 41.5 Å². The Labute approximate surface area is 121 Å². The summed E-state index contributed by atoms with van der Waals surface area (Å²) in [6, 6.07) is 19.5. The van der Waals surface area contributed by atoms with Crippen molar-refractivity contribution in [2.24, 2.45) is 11.7 Å². The third kappa shape index (κ3) is 2.94. The van der Waals surface area contributed by atoms with Crippen molar-refractivity contribution in [1.82, 2.24) is 0 Å². The van der Waals surface area contributed by atoms with Crippen LogP contribution >= 0.6 is 0 Å². The highest BCUT2D eigenvalue weighted by Crippen LogP contribution is 2.34. The molecule has 2 aromatic rings. The Morgan fingerprint density at radius 2 is 1.50 bits per heavy atom. The molecular formula is C19H23N. The van der Waals surface area contributed by atoms with Crippen molar-refractivity contribution in [3.05, 3.63) is 60.2 Å². The third-order valence-corrected chi connectivity index (χ3v) is 4.54. The molecule has 20 heavy (non-hydrogen) atoms. The Bertz CT molecular complexity index is 541. The van der Waals surface area contributed by atoms with Crippen LogP contribution in [0.3, 0.4) is 0 Å². The average Bonchev–Trinajstić information content (AvgIpc) is 2.56. The molecule has 2 N–H and O–H groups in total. The molecule has 0 saturated heterocycles. The highest BCUT2D eigenvalue weighted by atomic mass is 14.7. The van der Waals surface area contributed by atoms with Gasteiger partial charge >= 0.3 is 0 Å². The predicted molar refractivity (Wildman–Crippen MR) is 85.4 cm³/mol. The van der Waals surface area contributed by atoms with Gasteiger partial charge in [0.1, 0.15) is 0 Å².